The van der Waals surface area contributed by atoms with Crippen LogP contribution in [0.5, 0.6) is 0 Å². The molecule has 0 fully saturated rings. The Kier molecular flexibility index (Phi) is 4.48. The van der Waals surface area contributed by atoms with Gasteiger partial charge in [0.05, 0.1) is 11.0 Å². The predicted octanol–water partition coefficient (Wildman–Crippen LogP) is 3.08. The molecule has 21 heavy (non-hydrogen) atoms. The lowest BCUT2D eigenvalue weighted by Crippen LogP contribution is -2.15. The summed E-state index contributed by atoms with van der Waals surface area (Å²) in [5, 5.41) is 4.05. The molecule has 1 N–H and O–H groups in total. The van der Waals surface area contributed by atoms with Crippen LogP contribution in [0.2, 0.25) is 0 Å². The van der Waals surface area contributed by atoms with Crippen LogP contribution < -0.4 is 4.72 Å². The van der Waals surface area contributed by atoms with E-state index in [1.807, 2.05) is 0 Å². The molecule has 0 aliphatic carbocycles. The standard InChI is InChI=1S/C13H13BrFN3O2S/c1-3-6-18-8-10(14)13(16-18)17-21(19,20)12-7-9(2)4-5-11(12)15/h3-5,7-8H,1,6H2,2H3,(H,16,17). The lowest BCUT2D eigenvalue weighted by molar-refractivity contribution is 0.569. The number of allylic oxidation sites excluding steroid dienone is 1. The van der Waals surface area contributed by atoms with Crippen LogP contribution in [0.25, 0.3) is 0 Å². The summed E-state index contributed by atoms with van der Waals surface area (Å²) in [5.41, 5.74) is 0.646. The number of halogens is 2. The molecule has 1 aromatic heterocycles. The number of rotatable bonds is 5. The lowest BCUT2D eigenvalue weighted by Gasteiger charge is -2.08. The van der Waals surface area contributed by atoms with Crippen LogP contribution in [-0.2, 0) is 16.6 Å². The Balaban J connectivity index is 2.37. The third-order valence-corrected chi connectivity index (χ3v) is 4.57. The summed E-state index contributed by atoms with van der Waals surface area (Å²) in [6.45, 7) is 5.69. The van der Waals surface area contributed by atoms with Gasteiger partial charge in [-0.25, -0.2) is 12.8 Å². The van der Waals surface area contributed by atoms with Gasteiger partial charge in [0.25, 0.3) is 10.0 Å². The summed E-state index contributed by atoms with van der Waals surface area (Å²) in [6.07, 6.45) is 3.23. The van der Waals surface area contributed by atoms with E-state index in [4.69, 9.17) is 0 Å². The van der Waals surface area contributed by atoms with Crippen molar-refractivity contribution in [2.45, 2.75) is 18.4 Å². The molecule has 0 radical (unpaired) electrons. The number of nitrogens with one attached hydrogen (secondary N) is 1. The fourth-order valence-corrected chi connectivity index (χ4v) is 3.42. The number of benzene rings is 1. The van der Waals surface area contributed by atoms with Gasteiger partial charge < -0.3 is 0 Å². The molecular weight excluding hydrogens is 361 g/mol. The summed E-state index contributed by atoms with van der Waals surface area (Å²) < 4.78 is 42.5. The first kappa shape index (κ1) is 15.7. The number of nitrogens with zero attached hydrogens (tertiary/aromatic N) is 2. The Morgan fingerprint density at radius 2 is 2.24 bits per heavy atom. The number of aryl methyl sites for hydroxylation is 1. The maximum Gasteiger partial charge on any atom is 0.266 e. The summed E-state index contributed by atoms with van der Waals surface area (Å²) >= 11 is 3.21. The van der Waals surface area contributed by atoms with Crippen molar-refractivity contribution < 1.29 is 12.8 Å². The lowest BCUT2D eigenvalue weighted by atomic mass is 10.2. The normalized spacial score (nSPS) is 11.4. The van der Waals surface area contributed by atoms with Gasteiger partial charge in [-0.2, -0.15) is 5.10 Å². The van der Waals surface area contributed by atoms with Crippen molar-refractivity contribution in [3.63, 3.8) is 0 Å². The Hall–Kier alpha value is -1.67. The van der Waals surface area contributed by atoms with Crippen molar-refractivity contribution in [3.05, 3.63) is 52.9 Å². The van der Waals surface area contributed by atoms with Crippen LogP contribution >= 0.6 is 15.9 Å². The van der Waals surface area contributed by atoms with Crippen molar-refractivity contribution in [2.24, 2.45) is 0 Å². The van der Waals surface area contributed by atoms with Crippen molar-refractivity contribution in [1.29, 1.82) is 0 Å². The van der Waals surface area contributed by atoms with E-state index >= 15 is 0 Å². The fourth-order valence-electron chi connectivity index (χ4n) is 1.69. The number of anilines is 1. The summed E-state index contributed by atoms with van der Waals surface area (Å²) in [7, 11) is -4.05. The second-order valence-corrected chi connectivity index (χ2v) is 6.88. The Bertz CT molecular complexity index is 787. The first-order valence-corrected chi connectivity index (χ1v) is 8.24. The maximum absolute atomic E-state index is 13.7. The second kappa shape index (κ2) is 5.98. The molecule has 1 aromatic carbocycles. The third kappa shape index (κ3) is 3.51. The quantitative estimate of drug-likeness (QED) is 0.819. The van der Waals surface area contributed by atoms with E-state index in [0.717, 1.165) is 6.07 Å². The van der Waals surface area contributed by atoms with Gasteiger partial charge in [0.15, 0.2) is 5.82 Å². The molecule has 0 aliphatic heterocycles. The van der Waals surface area contributed by atoms with Gasteiger partial charge in [0.2, 0.25) is 0 Å². The van der Waals surface area contributed by atoms with Gasteiger partial charge in [-0.15, -0.1) is 6.58 Å². The minimum absolute atomic E-state index is 0.0951. The molecule has 112 valence electrons. The van der Waals surface area contributed by atoms with Crippen LogP contribution in [0.15, 0.2) is 46.4 Å². The molecule has 0 saturated heterocycles. The molecular formula is C13H13BrFN3O2S. The number of hydrogen-bond acceptors (Lipinski definition) is 3. The van der Waals surface area contributed by atoms with E-state index < -0.39 is 20.7 Å². The van der Waals surface area contributed by atoms with Crippen molar-refractivity contribution >= 4 is 31.8 Å². The summed E-state index contributed by atoms with van der Waals surface area (Å²) in [6, 6.07) is 3.89. The van der Waals surface area contributed by atoms with E-state index in [0.29, 0.717) is 16.6 Å². The maximum atomic E-state index is 13.7. The van der Waals surface area contributed by atoms with Crippen molar-refractivity contribution in [1.82, 2.24) is 9.78 Å². The molecule has 0 aliphatic rings. The molecule has 2 rings (SSSR count). The minimum Gasteiger partial charge on any atom is -0.266 e. The number of aromatic nitrogens is 2. The van der Waals surface area contributed by atoms with Gasteiger partial charge in [0, 0.05) is 6.20 Å². The highest BCUT2D eigenvalue weighted by Crippen LogP contribution is 2.25. The predicted molar refractivity (Wildman–Crippen MR) is 82.1 cm³/mol. The molecule has 0 saturated carbocycles. The van der Waals surface area contributed by atoms with Gasteiger partial charge >= 0.3 is 0 Å². The molecule has 0 spiro atoms. The molecule has 0 amide bonds. The van der Waals surface area contributed by atoms with Crippen LogP contribution in [0.1, 0.15) is 5.56 Å². The topological polar surface area (TPSA) is 64.0 Å². The van der Waals surface area contributed by atoms with Crippen molar-refractivity contribution in [2.75, 3.05) is 4.72 Å². The molecule has 8 heteroatoms. The second-order valence-electron chi connectivity index (χ2n) is 4.38. The first-order chi connectivity index (χ1) is 9.83. The van der Waals surface area contributed by atoms with Gasteiger partial charge in [-0.3, -0.25) is 9.40 Å². The molecule has 5 nitrogen and oxygen atoms in total. The Morgan fingerprint density at radius 3 is 2.90 bits per heavy atom. The highest BCUT2D eigenvalue weighted by Gasteiger charge is 2.21. The van der Waals surface area contributed by atoms with Crippen LogP contribution in [-0.4, -0.2) is 18.2 Å². The SMILES string of the molecule is C=CCn1cc(Br)c(NS(=O)(=O)c2cc(C)ccc2F)n1. The van der Waals surface area contributed by atoms with Crippen LogP contribution in [0, 0.1) is 12.7 Å². The summed E-state index contributed by atoms with van der Waals surface area (Å²) in [5.74, 6) is -0.715. The van der Waals surface area contributed by atoms with E-state index in [1.54, 1.807) is 19.2 Å². The average Bonchev–Trinajstić information content (AvgIpc) is 2.72. The van der Waals surface area contributed by atoms with Crippen LogP contribution in [0.4, 0.5) is 10.2 Å². The fraction of sp³-hybridized carbons (Fsp3) is 0.154. The molecule has 1 heterocycles. The first-order valence-electron chi connectivity index (χ1n) is 5.96. The van der Waals surface area contributed by atoms with E-state index in [9.17, 15) is 12.8 Å². The van der Waals surface area contributed by atoms with Gasteiger partial charge in [0.1, 0.15) is 10.7 Å². The van der Waals surface area contributed by atoms with E-state index in [1.165, 1.54) is 16.8 Å². The van der Waals surface area contributed by atoms with E-state index in [-0.39, 0.29) is 5.82 Å². The zero-order chi connectivity index (χ0) is 15.6. The van der Waals surface area contributed by atoms with Crippen molar-refractivity contribution in [3.8, 4) is 0 Å². The summed E-state index contributed by atoms with van der Waals surface area (Å²) in [4.78, 5) is -0.410. The molecule has 2 aromatic rings. The highest BCUT2D eigenvalue weighted by molar-refractivity contribution is 9.10. The Labute approximate surface area is 130 Å². The molecule has 0 unspecified atom stereocenters. The number of hydrogen-bond donors (Lipinski definition) is 1. The smallest absolute Gasteiger partial charge is 0.266 e. The Morgan fingerprint density at radius 1 is 1.52 bits per heavy atom. The molecule has 0 bridgehead atoms. The van der Waals surface area contributed by atoms with E-state index in [2.05, 4.69) is 32.3 Å². The highest BCUT2D eigenvalue weighted by atomic mass is 79.9. The third-order valence-electron chi connectivity index (χ3n) is 2.64. The van der Waals surface area contributed by atoms with Gasteiger partial charge in [-0.1, -0.05) is 12.1 Å². The number of sulfonamides is 1. The zero-order valence-electron chi connectivity index (χ0n) is 11.2. The largest absolute Gasteiger partial charge is 0.266 e. The average molecular weight is 374 g/mol. The minimum atomic E-state index is -4.05. The molecule has 0 atom stereocenters. The monoisotopic (exact) mass is 373 g/mol. The van der Waals surface area contributed by atoms with Gasteiger partial charge in [-0.05, 0) is 40.5 Å². The van der Waals surface area contributed by atoms with Crippen LogP contribution in [0.3, 0.4) is 0 Å². The zero-order valence-corrected chi connectivity index (χ0v) is 13.6.